The van der Waals surface area contributed by atoms with Crippen molar-refractivity contribution in [3.05, 3.63) is 45.5 Å². The first-order chi connectivity index (χ1) is 10.5. The molecule has 108 valence electrons. The number of anilines is 1. The Morgan fingerprint density at radius 1 is 1.23 bits per heavy atom. The van der Waals surface area contributed by atoms with E-state index in [1.54, 1.807) is 0 Å². The van der Waals surface area contributed by atoms with Crippen LogP contribution in [0.15, 0.2) is 24.3 Å². The van der Waals surface area contributed by atoms with Gasteiger partial charge in [0, 0.05) is 17.7 Å². The third-order valence-electron chi connectivity index (χ3n) is 3.04. The highest BCUT2D eigenvalue weighted by Crippen LogP contribution is 2.33. The van der Waals surface area contributed by atoms with Crippen LogP contribution in [0.25, 0.3) is 11.1 Å². The monoisotopic (exact) mass is 296 g/mol. The van der Waals surface area contributed by atoms with Crippen molar-refractivity contribution >= 4 is 11.5 Å². The van der Waals surface area contributed by atoms with Crippen LogP contribution < -0.4 is 15.5 Å². The number of hydrogen-bond donors (Lipinski definition) is 1. The maximum absolute atomic E-state index is 10.7. The minimum absolute atomic E-state index is 0.0479. The first-order valence-electron chi connectivity index (χ1n) is 6.01. The number of hydrogen-bond acceptors (Lipinski definition) is 6. The van der Waals surface area contributed by atoms with E-state index in [-0.39, 0.29) is 34.1 Å². The molecule has 1 heterocycles. The maximum Gasteiger partial charge on any atom is 0.300 e. The molecular formula is C14H10N5O3+. The molecule has 0 spiro atoms. The van der Waals surface area contributed by atoms with E-state index in [9.17, 15) is 20.6 Å². The molecule has 0 amide bonds. The molecule has 0 unspecified atom stereocenters. The van der Waals surface area contributed by atoms with E-state index < -0.39 is 4.92 Å². The predicted octanol–water partition coefficient (Wildman–Crippen LogP) is 1.41. The predicted molar refractivity (Wildman–Crippen MR) is 75.5 cm³/mol. The highest BCUT2D eigenvalue weighted by Gasteiger charge is 2.24. The highest BCUT2D eigenvalue weighted by molar-refractivity contribution is 5.81. The number of nitrogens with one attached hydrogen (secondary N) is 1. The number of nitriles is 2. The van der Waals surface area contributed by atoms with Gasteiger partial charge in [-0.25, -0.2) is 4.98 Å². The highest BCUT2D eigenvalue weighted by atomic mass is 16.6. The standard InChI is InChI=1S/C14H9N5O3/c1-22-14-11(7-16)12(10(6-15)13(17)18-14)8-2-4-9(5-3-8)19(20)21/h2-5H,1H3,(H2,17,18)/p+1. The van der Waals surface area contributed by atoms with E-state index in [1.807, 2.05) is 12.1 Å². The largest absolute Gasteiger partial charge is 0.465 e. The third kappa shape index (κ3) is 2.37. The Balaban J connectivity index is 2.78. The average Bonchev–Trinajstić information content (AvgIpc) is 2.53. The molecule has 0 aliphatic carbocycles. The Labute approximate surface area is 125 Å². The van der Waals surface area contributed by atoms with Crippen LogP contribution in [0.5, 0.6) is 5.88 Å². The van der Waals surface area contributed by atoms with Gasteiger partial charge < -0.3 is 4.74 Å². The van der Waals surface area contributed by atoms with Gasteiger partial charge in [0.05, 0.1) is 12.0 Å². The van der Waals surface area contributed by atoms with Crippen molar-refractivity contribution in [3.8, 4) is 29.1 Å². The molecule has 0 fully saturated rings. The van der Waals surface area contributed by atoms with Gasteiger partial charge in [0.25, 0.3) is 11.5 Å². The zero-order valence-electron chi connectivity index (χ0n) is 11.5. The number of nitrogens with two attached hydrogens (primary N) is 1. The molecule has 1 aromatic heterocycles. The molecule has 0 saturated heterocycles. The van der Waals surface area contributed by atoms with Gasteiger partial charge >= 0.3 is 5.88 Å². The molecule has 0 aliphatic heterocycles. The van der Waals surface area contributed by atoms with Gasteiger partial charge in [-0.1, -0.05) is 0 Å². The summed E-state index contributed by atoms with van der Waals surface area (Å²) in [5, 5.41) is 29.3. The molecule has 0 saturated carbocycles. The van der Waals surface area contributed by atoms with E-state index in [1.165, 1.54) is 31.4 Å². The van der Waals surface area contributed by atoms with Gasteiger partial charge in [0.1, 0.15) is 17.7 Å². The van der Waals surface area contributed by atoms with E-state index in [2.05, 4.69) is 4.98 Å². The topological polar surface area (TPSA) is 140 Å². The van der Waals surface area contributed by atoms with Gasteiger partial charge in [-0.15, -0.1) is 0 Å². The van der Waals surface area contributed by atoms with Crippen molar-refractivity contribution in [2.24, 2.45) is 0 Å². The number of rotatable bonds is 3. The zero-order valence-corrected chi connectivity index (χ0v) is 11.5. The van der Waals surface area contributed by atoms with Crippen molar-refractivity contribution in [1.29, 1.82) is 10.5 Å². The number of nitrogens with zero attached hydrogens (tertiary/aromatic N) is 3. The molecule has 8 nitrogen and oxygen atoms in total. The zero-order chi connectivity index (χ0) is 16.3. The van der Waals surface area contributed by atoms with E-state index in [4.69, 9.17) is 10.5 Å². The van der Waals surface area contributed by atoms with Crippen LogP contribution in [0.4, 0.5) is 11.5 Å². The number of nitro benzene ring substituents is 1. The molecule has 8 heteroatoms. The molecule has 2 aromatic rings. The summed E-state index contributed by atoms with van der Waals surface area (Å²) in [5.41, 5.74) is 6.58. The van der Waals surface area contributed by atoms with Gasteiger partial charge in [-0.2, -0.15) is 10.5 Å². The van der Waals surface area contributed by atoms with E-state index in [0.29, 0.717) is 5.56 Å². The fraction of sp³-hybridized carbons (Fsp3) is 0.0714. The lowest BCUT2D eigenvalue weighted by molar-refractivity contribution is -0.384. The Morgan fingerprint density at radius 3 is 2.27 bits per heavy atom. The second-order valence-corrected chi connectivity index (χ2v) is 4.22. The van der Waals surface area contributed by atoms with Crippen LogP contribution in [0, 0.1) is 32.8 Å². The van der Waals surface area contributed by atoms with E-state index in [0.717, 1.165) is 0 Å². The number of aromatic nitrogens is 1. The van der Waals surface area contributed by atoms with Crippen molar-refractivity contribution < 1.29 is 14.6 Å². The Hall–Kier alpha value is -3.65. The van der Waals surface area contributed by atoms with Gasteiger partial charge in [0.15, 0.2) is 5.56 Å². The van der Waals surface area contributed by atoms with Crippen LogP contribution in [0.2, 0.25) is 0 Å². The molecule has 0 aliphatic rings. The minimum atomic E-state index is -0.534. The number of H-pyrrole nitrogens is 1. The summed E-state index contributed by atoms with van der Waals surface area (Å²) in [6.45, 7) is 0. The first kappa shape index (κ1) is 14.8. The second-order valence-electron chi connectivity index (χ2n) is 4.22. The summed E-state index contributed by atoms with van der Waals surface area (Å²) in [5.74, 6) is 0.166. The fourth-order valence-electron chi connectivity index (χ4n) is 2.03. The lowest BCUT2D eigenvalue weighted by Crippen LogP contribution is -2.18. The van der Waals surface area contributed by atoms with Crippen LogP contribution in [0.1, 0.15) is 11.1 Å². The number of non-ortho nitro benzene ring substituents is 1. The average molecular weight is 296 g/mol. The normalized spacial score (nSPS) is 9.59. The van der Waals surface area contributed by atoms with Crippen molar-refractivity contribution in [2.75, 3.05) is 12.8 Å². The molecule has 1 aromatic carbocycles. The molecule has 0 bridgehead atoms. The molecule has 3 N–H and O–H groups in total. The van der Waals surface area contributed by atoms with Gasteiger partial charge in [-0.3, -0.25) is 15.8 Å². The smallest absolute Gasteiger partial charge is 0.300 e. The number of nitrogen functional groups attached to an aromatic ring is 1. The number of ether oxygens (including phenoxy) is 1. The first-order valence-corrected chi connectivity index (χ1v) is 6.01. The molecular weight excluding hydrogens is 286 g/mol. The van der Waals surface area contributed by atoms with E-state index >= 15 is 0 Å². The summed E-state index contributed by atoms with van der Waals surface area (Å²) in [6.07, 6.45) is 0. The van der Waals surface area contributed by atoms with Crippen molar-refractivity contribution in [1.82, 2.24) is 0 Å². The Bertz CT molecular complexity index is 832. The summed E-state index contributed by atoms with van der Waals surface area (Å²) in [7, 11) is 1.36. The Morgan fingerprint density at radius 2 is 1.82 bits per heavy atom. The minimum Gasteiger partial charge on any atom is -0.465 e. The lowest BCUT2D eigenvalue weighted by atomic mass is 9.96. The summed E-state index contributed by atoms with van der Waals surface area (Å²) in [6, 6.07) is 9.37. The van der Waals surface area contributed by atoms with Crippen LogP contribution in [0.3, 0.4) is 0 Å². The maximum atomic E-state index is 10.7. The van der Waals surface area contributed by atoms with Crippen LogP contribution in [-0.4, -0.2) is 12.0 Å². The van der Waals surface area contributed by atoms with Crippen molar-refractivity contribution in [3.63, 3.8) is 0 Å². The molecule has 22 heavy (non-hydrogen) atoms. The number of methoxy groups -OCH3 is 1. The van der Waals surface area contributed by atoms with Crippen LogP contribution in [-0.2, 0) is 0 Å². The Kier molecular flexibility index (Phi) is 3.87. The number of pyridine rings is 1. The number of benzene rings is 1. The molecule has 0 atom stereocenters. The van der Waals surface area contributed by atoms with Gasteiger partial charge in [0.2, 0.25) is 0 Å². The van der Waals surface area contributed by atoms with Gasteiger partial charge in [-0.05, 0) is 17.7 Å². The molecule has 0 radical (unpaired) electrons. The quantitative estimate of drug-likeness (QED) is 0.670. The van der Waals surface area contributed by atoms with Crippen molar-refractivity contribution in [2.45, 2.75) is 0 Å². The third-order valence-corrected chi connectivity index (χ3v) is 3.04. The SMILES string of the molecule is COc1[nH+]c(N)c(C#N)c(-c2ccc([N+](=O)[O-])cc2)c1C#N. The summed E-state index contributed by atoms with van der Waals surface area (Å²) < 4.78 is 5.06. The van der Waals surface area contributed by atoms with Crippen LogP contribution >= 0.6 is 0 Å². The fourth-order valence-corrected chi connectivity index (χ4v) is 2.03. The summed E-state index contributed by atoms with van der Waals surface area (Å²) in [4.78, 5) is 12.8. The number of aromatic amines is 1. The second kappa shape index (κ2) is 5.77. The lowest BCUT2D eigenvalue weighted by Gasteiger charge is -2.09. The molecule has 2 rings (SSSR count). The number of nitro groups is 1. The summed E-state index contributed by atoms with van der Waals surface area (Å²) >= 11 is 0.